The second kappa shape index (κ2) is 5.85. The SMILES string of the molecule is CC(C)CN(CC(N)=O)c1cccnc1C#N. The number of aromatic nitrogens is 1. The number of primary amides is 1. The van der Waals surface area contributed by atoms with Crippen LogP contribution in [0.25, 0.3) is 0 Å². The summed E-state index contributed by atoms with van der Waals surface area (Å²) >= 11 is 0. The number of rotatable bonds is 5. The smallest absolute Gasteiger partial charge is 0.236 e. The number of nitriles is 1. The first-order valence-electron chi connectivity index (χ1n) is 5.43. The average molecular weight is 232 g/mol. The summed E-state index contributed by atoms with van der Waals surface area (Å²) < 4.78 is 0. The summed E-state index contributed by atoms with van der Waals surface area (Å²) in [4.78, 5) is 16.8. The van der Waals surface area contributed by atoms with E-state index in [1.54, 1.807) is 23.2 Å². The number of nitrogens with zero attached hydrogens (tertiary/aromatic N) is 3. The quantitative estimate of drug-likeness (QED) is 0.817. The molecule has 5 heteroatoms. The molecule has 0 saturated carbocycles. The number of carbonyl (C=O) groups is 1. The minimum Gasteiger partial charge on any atom is -0.368 e. The van der Waals surface area contributed by atoms with Gasteiger partial charge in [0.2, 0.25) is 5.91 Å². The molecule has 0 unspecified atom stereocenters. The lowest BCUT2D eigenvalue weighted by Gasteiger charge is -2.25. The van der Waals surface area contributed by atoms with Crippen molar-refractivity contribution in [2.24, 2.45) is 11.7 Å². The van der Waals surface area contributed by atoms with Gasteiger partial charge in [0.25, 0.3) is 0 Å². The van der Waals surface area contributed by atoms with Gasteiger partial charge in [0.1, 0.15) is 6.07 Å². The molecule has 2 N–H and O–H groups in total. The number of pyridine rings is 1. The van der Waals surface area contributed by atoms with Crippen molar-refractivity contribution < 1.29 is 4.79 Å². The summed E-state index contributed by atoms with van der Waals surface area (Å²) in [7, 11) is 0. The molecule has 90 valence electrons. The van der Waals surface area contributed by atoms with Gasteiger partial charge in [-0.05, 0) is 18.1 Å². The summed E-state index contributed by atoms with van der Waals surface area (Å²) in [6.45, 7) is 4.83. The lowest BCUT2D eigenvalue weighted by atomic mass is 10.1. The Bertz CT molecular complexity index is 436. The van der Waals surface area contributed by atoms with Gasteiger partial charge in [0.15, 0.2) is 5.69 Å². The highest BCUT2D eigenvalue weighted by Crippen LogP contribution is 2.18. The Morgan fingerprint density at radius 2 is 2.35 bits per heavy atom. The van der Waals surface area contributed by atoms with E-state index in [1.165, 1.54) is 0 Å². The highest BCUT2D eigenvalue weighted by molar-refractivity contribution is 5.80. The highest BCUT2D eigenvalue weighted by atomic mass is 16.1. The van der Waals surface area contributed by atoms with Gasteiger partial charge in [-0.25, -0.2) is 4.98 Å². The maximum atomic E-state index is 11.0. The van der Waals surface area contributed by atoms with Crippen LogP contribution in [-0.4, -0.2) is 24.0 Å². The molecule has 0 aliphatic heterocycles. The fraction of sp³-hybridized carbons (Fsp3) is 0.417. The minimum absolute atomic E-state index is 0.0958. The Morgan fingerprint density at radius 3 is 2.88 bits per heavy atom. The van der Waals surface area contributed by atoms with Crippen molar-refractivity contribution in [1.82, 2.24) is 4.98 Å². The first-order valence-corrected chi connectivity index (χ1v) is 5.43. The van der Waals surface area contributed by atoms with Crippen LogP contribution in [0.5, 0.6) is 0 Å². The van der Waals surface area contributed by atoms with Crippen LogP contribution in [0.4, 0.5) is 5.69 Å². The van der Waals surface area contributed by atoms with Crippen LogP contribution in [0.15, 0.2) is 18.3 Å². The van der Waals surface area contributed by atoms with Crippen molar-refractivity contribution in [3.05, 3.63) is 24.0 Å². The molecule has 0 aliphatic rings. The van der Waals surface area contributed by atoms with E-state index in [0.29, 0.717) is 23.8 Å². The van der Waals surface area contributed by atoms with Gasteiger partial charge in [-0.15, -0.1) is 0 Å². The van der Waals surface area contributed by atoms with E-state index in [9.17, 15) is 4.79 Å². The van der Waals surface area contributed by atoms with Crippen LogP contribution < -0.4 is 10.6 Å². The molecule has 0 atom stereocenters. The number of carbonyl (C=O) groups excluding carboxylic acids is 1. The van der Waals surface area contributed by atoms with Crippen LogP contribution >= 0.6 is 0 Å². The molecule has 0 radical (unpaired) electrons. The molecule has 0 aromatic carbocycles. The molecule has 1 rings (SSSR count). The molecule has 1 aromatic heterocycles. The van der Waals surface area contributed by atoms with E-state index in [4.69, 9.17) is 11.0 Å². The molecule has 1 heterocycles. The Morgan fingerprint density at radius 1 is 1.65 bits per heavy atom. The van der Waals surface area contributed by atoms with Crippen molar-refractivity contribution in [3.8, 4) is 6.07 Å². The van der Waals surface area contributed by atoms with E-state index < -0.39 is 5.91 Å². The zero-order chi connectivity index (χ0) is 12.8. The van der Waals surface area contributed by atoms with Crippen LogP contribution in [0.1, 0.15) is 19.5 Å². The summed E-state index contributed by atoms with van der Waals surface area (Å²) in [5, 5.41) is 8.98. The molecule has 0 fully saturated rings. The van der Waals surface area contributed by atoms with Gasteiger partial charge in [-0.2, -0.15) is 5.26 Å². The third-order valence-electron chi connectivity index (χ3n) is 2.17. The number of hydrogen-bond acceptors (Lipinski definition) is 4. The number of hydrogen-bond donors (Lipinski definition) is 1. The normalized spacial score (nSPS) is 10.0. The monoisotopic (exact) mass is 232 g/mol. The molecule has 17 heavy (non-hydrogen) atoms. The van der Waals surface area contributed by atoms with Gasteiger partial charge in [-0.3, -0.25) is 4.79 Å². The minimum atomic E-state index is -0.418. The van der Waals surface area contributed by atoms with Crippen molar-refractivity contribution in [1.29, 1.82) is 5.26 Å². The standard InChI is InChI=1S/C12H16N4O/c1-9(2)7-16(8-12(14)17)11-4-3-5-15-10(11)6-13/h3-5,9H,7-8H2,1-2H3,(H2,14,17). The topological polar surface area (TPSA) is 83.0 Å². The lowest BCUT2D eigenvalue weighted by molar-refractivity contribution is -0.116. The predicted octanol–water partition coefficient (Wildman–Crippen LogP) is 0.901. The summed E-state index contributed by atoms with van der Waals surface area (Å²) in [5.74, 6) is -0.0560. The van der Waals surface area contributed by atoms with Crippen molar-refractivity contribution in [2.75, 3.05) is 18.0 Å². The Labute approximate surface area is 101 Å². The van der Waals surface area contributed by atoms with Crippen LogP contribution in [0, 0.1) is 17.2 Å². The second-order valence-electron chi connectivity index (χ2n) is 4.22. The first kappa shape index (κ1) is 13.0. The molecule has 0 spiro atoms. The molecular weight excluding hydrogens is 216 g/mol. The molecule has 0 bridgehead atoms. The van der Waals surface area contributed by atoms with E-state index in [1.807, 2.05) is 19.9 Å². The van der Waals surface area contributed by atoms with E-state index in [0.717, 1.165) is 0 Å². The molecule has 5 nitrogen and oxygen atoms in total. The zero-order valence-electron chi connectivity index (χ0n) is 10.1. The summed E-state index contributed by atoms with van der Waals surface area (Å²) in [5.41, 5.74) is 6.18. The fourth-order valence-corrected chi connectivity index (χ4v) is 1.62. The predicted molar refractivity (Wildman–Crippen MR) is 65.2 cm³/mol. The van der Waals surface area contributed by atoms with E-state index in [-0.39, 0.29) is 6.54 Å². The number of nitrogens with two attached hydrogens (primary N) is 1. The van der Waals surface area contributed by atoms with Gasteiger partial charge in [0, 0.05) is 12.7 Å². The first-order chi connectivity index (χ1) is 8.04. The largest absolute Gasteiger partial charge is 0.368 e. The second-order valence-corrected chi connectivity index (χ2v) is 4.22. The Kier molecular flexibility index (Phi) is 4.46. The van der Waals surface area contributed by atoms with Gasteiger partial charge in [-0.1, -0.05) is 13.8 Å². The Hall–Kier alpha value is -2.09. The number of anilines is 1. The maximum absolute atomic E-state index is 11.0. The molecule has 0 aliphatic carbocycles. The van der Waals surface area contributed by atoms with E-state index in [2.05, 4.69) is 4.98 Å². The zero-order valence-corrected chi connectivity index (χ0v) is 10.1. The summed E-state index contributed by atoms with van der Waals surface area (Å²) in [6, 6.07) is 5.53. The lowest BCUT2D eigenvalue weighted by Crippen LogP contribution is -2.36. The van der Waals surface area contributed by atoms with Gasteiger partial charge >= 0.3 is 0 Å². The highest BCUT2D eigenvalue weighted by Gasteiger charge is 2.15. The third-order valence-corrected chi connectivity index (χ3v) is 2.17. The molecule has 1 aromatic rings. The van der Waals surface area contributed by atoms with Crippen LogP contribution in [0.3, 0.4) is 0 Å². The van der Waals surface area contributed by atoms with E-state index >= 15 is 0 Å². The van der Waals surface area contributed by atoms with Gasteiger partial charge < -0.3 is 10.6 Å². The fourth-order valence-electron chi connectivity index (χ4n) is 1.62. The van der Waals surface area contributed by atoms with Crippen LogP contribution in [0.2, 0.25) is 0 Å². The van der Waals surface area contributed by atoms with Crippen LogP contribution in [-0.2, 0) is 4.79 Å². The number of amides is 1. The Balaban J connectivity index is 3.03. The maximum Gasteiger partial charge on any atom is 0.236 e. The summed E-state index contributed by atoms with van der Waals surface area (Å²) in [6.07, 6.45) is 1.56. The van der Waals surface area contributed by atoms with Gasteiger partial charge in [0.05, 0.1) is 12.2 Å². The molecule has 0 saturated heterocycles. The average Bonchev–Trinajstić information content (AvgIpc) is 2.27. The van der Waals surface area contributed by atoms with Crippen molar-refractivity contribution in [3.63, 3.8) is 0 Å². The molecular formula is C12H16N4O. The van der Waals surface area contributed by atoms with Crippen molar-refractivity contribution >= 4 is 11.6 Å². The van der Waals surface area contributed by atoms with Crippen molar-refractivity contribution in [2.45, 2.75) is 13.8 Å². The third kappa shape index (κ3) is 3.76. The molecule has 1 amide bonds.